The summed E-state index contributed by atoms with van der Waals surface area (Å²) in [5, 5.41) is 16.7. The van der Waals surface area contributed by atoms with Crippen LogP contribution in [0.1, 0.15) is 27.2 Å². The SMILES string of the molecule is CSCCC(NC(=O)C(NC(=O)C(CS)NC(=O)C(C)N)C(C)C)C(=O)O. The van der Waals surface area contributed by atoms with Crippen LogP contribution in [-0.4, -0.2) is 70.7 Å². The van der Waals surface area contributed by atoms with Gasteiger partial charge in [0.25, 0.3) is 0 Å². The van der Waals surface area contributed by atoms with Crippen molar-refractivity contribution in [3.8, 4) is 0 Å². The zero-order valence-corrected chi connectivity index (χ0v) is 17.7. The number of nitrogens with one attached hydrogen (secondary N) is 3. The third-order valence-electron chi connectivity index (χ3n) is 3.70. The van der Waals surface area contributed by atoms with Gasteiger partial charge in [-0.3, -0.25) is 14.4 Å². The number of amides is 3. The van der Waals surface area contributed by atoms with Crippen LogP contribution in [0.25, 0.3) is 0 Å². The smallest absolute Gasteiger partial charge is 0.326 e. The van der Waals surface area contributed by atoms with Crippen molar-refractivity contribution in [1.29, 1.82) is 0 Å². The Hall–Kier alpha value is -1.46. The van der Waals surface area contributed by atoms with Crippen molar-refractivity contribution < 1.29 is 24.3 Å². The quantitative estimate of drug-likeness (QED) is 0.226. The van der Waals surface area contributed by atoms with Gasteiger partial charge in [-0.05, 0) is 31.3 Å². The first-order chi connectivity index (χ1) is 12.5. The minimum atomic E-state index is -1.14. The van der Waals surface area contributed by atoms with Gasteiger partial charge in [0.1, 0.15) is 18.1 Å². The van der Waals surface area contributed by atoms with Crippen LogP contribution in [0.15, 0.2) is 0 Å². The molecule has 3 amide bonds. The minimum Gasteiger partial charge on any atom is -0.480 e. The van der Waals surface area contributed by atoms with Gasteiger partial charge in [0.2, 0.25) is 17.7 Å². The molecular formula is C16H30N4O5S2. The molecule has 0 aliphatic carbocycles. The molecule has 0 bridgehead atoms. The van der Waals surface area contributed by atoms with Crippen LogP contribution in [0.3, 0.4) is 0 Å². The number of hydrogen-bond acceptors (Lipinski definition) is 7. The molecule has 0 spiro atoms. The molecule has 0 aromatic carbocycles. The van der Waals surface area contributed by atoms with Crippen LogP contribution in [-0.2, 0) is 19.2 Å². The summed E-state index contributed by atoms with van der Waals surface area (Å²) < 4.78 is 0. The zero-order valence-electron chi connectivity index (χ0n) is 16.0. The van der Waals surface area contributed by atoms with Gasteiger partial charge >= 0.3 is 5.97 Å². The maximum atomic E-state index is 12.5. The minimum absolute atomic E-state index is 0.0161. The predicted molar refractivity (Wildman–Crippen MR) is 109 cm³/mol. The second-order valence-electron chi connectivity index (χ2n) is 6.44. The molecule has 0 fully saturated rings. The molecule has 0 aromatic rings. The number of thioether (sulfide) groups is 1. The molecule has 0 aromatic heterocycles. The number of carbonyl (C=O) groups is 4. The van der Waals surface area contributed by atoms with Gasteiger partial charge in [-0.25, -0.2) is 4.79 Å². The predicted octanol–water partition coefficient (Wildman–Crippen LogP) is -0.788. The van der Waals surface area contributed by atoms with E-state index in [1.54, 1.807) is 13.8 Å². The Morgan fingerprint density at radius 1 is 1.00 bits per heavy atom. The fourth-order valence-corrected chi connectivity index (χ4v) is 2.77. The highest BCUT2D eigenvalue weighted by molar-refractivity contribution is 7.98. The van der Waals surface area contributed by atoms with Crippen molar-refractivity contribution >= 4 is 48.1 Å². The fraction of sp³-hybridized carbons (Fsp3) is 0.750. The van der Waals surface area contributed by atoms with E-state index >= 15 is 0 Å². The third-order valence-corrected chi connectivity index (χ3v) is 4.71. The molecule has 4 atom stereocenters. The van der Waals surface area contributed by atoms with Gasteiger partial charge in [-0.2, -0.15) is 24.4 Å². The van der Waals surface area contributed by atoms with Gasteiger partial charge in [-0.1, -0.05) is 13.8 Å². The van der Waals surface area contributed by atoms with E-state index in [9.17, 15) is 24.3 Å². The number of thiol groups is 1. The highest BCUT2D eigenvalue weighted by Gasteiger charge is 2.31. The summed E-state index contributed by atoms with van der Waals surface area (Å²) >= 11 is 5.52. The standard InChI is InChI=1S/C16H30N4O5S2/c1-8(2)12(15(23)18-10(16(24)25)5-6-27-4)20-14(22)11(7-26)19-13(21)9(3)17/h8-12,26H,5-7,17H2,1-4H3,(H,18,23)(H,19,21)(H,20,22)(H,24,25). The lowest BCUT2D eigenvalue weighted by Crippen LogP contribution is -2.58. The number of nitrogens with two attached hydrogens (primary N) is 1. The number of aliphatic carboxylic acids is 1. The summed E-state index contributed by atoms with van der Waals surface area (Å²) in [6.45, 7) is 4.92. The topological polar surface area (TPSA) is 151 Å². The van der Waals surface area contributed by atoms with E-state index in [-0.39, 0.29) is 18.1 Å². The molecular weight excluding hydrogens is 392 g/mol. The Bertz CT molecular complexity index is 531. The molecule has 9 nitrogen and oxygen atoms in total. The molecule has 27 heavy (non-hydrogen) atoms. The lowest BCUT2D eigenvalue weighted by atomic mass is 10.0. The van der Waals surface area contributed by atoms with Crippen LogP contribution in [0.4, 0.5) is 0 Å². The van der Waals surface area contributed by atoms with Crippen LogP contribution in [0.2, 0.25) is 0 Å². The average molecular weight is 423 g/mol. The summed E-state index contributed by atoms with van der Waals surface area (Å²) in [6, 6.07) is -3.76. The van der Waals surface area contributed by atoms with Gasteiger partial charge in [0.15, 0.2) is 0 Å². The number of carboxylic acid groups (broad SMARTS) is 1. The Balaban J connectivity index is 5.09. The first-order valence-electron chi connectivity index (χ1n) is 8.54. The maximum Gasteiger partial charge on any atom is 0.326 e. The van der Waals surface area contributed by atoms with Crippen LogP contribution in [0.5, 0.6) is 0 Å². The van der Waals surface area contributed by atoms with E-state index in [1.165, 1.54) is 18.7 Å². The molecule has 0 rings (SSSR count). The number of hydrogen-bond donors (Lipinski definition) is 6. The van der Waals surface area contributed by atoms with E-state index in [4.69, 9.17) is 5.73 Å². The molecule has 0 aliphatic heterocycles. The monoisotopic (exact) mass is 422 g/mol. The average Bonchev–Trinajstić information content (AvgIpc) is 2.59. The van der Waals surface area contributed by atoms with Crippen molar-refractivity contribution in [1.82, 2.24) is 16.0 Å². The molecule has 156 valence electrons. The summed E-state index contributed by atoms with van der Waals surface area (Å²) in [7, 11) is 0. The molecule has 0 saturated carbocycles. The fourth-order valence-electron chi connectivity index (χ4n) is 2.04. The largest absolute Gasteiger partial charge is 0.480 e. The summed E-state index contributed by atoms with van der Waals surface area (Å²) in [6.07, 6.45) is 2.11. The van der Waals surface area contributed by atoms with E-state index in [2.05, 4.69) is 28.6 Å². The van der Waals surface area contributed by atoms with Crippen LogP contribution < -0.4 is 21.7 Å². The van der Waals surface area contributed by atoms with E-state index in [0.717, 1.165) is 0 Å². The zero-order chi connectivity index (χ0) is 21.1. The molecule has 0 aliphatic rings. The van der Waals surface area contributed by atoms with E-state index < -0.39 is 47.9 Å². The highest BCUT2D eigenvalue weighted by Crippen LogP contribution is 2.06. The summed E-state index contributed by atoms with van der Waals surface area (Å²) in [5.74, 6) is -2.55. The number of carboxylic acids is 1. The lowest BCUT2D eigenvalue weighted by molar-refractivity contribution is -0.142. The normalized spacial score (nSPS) is 15.4. The molecule has 0 saturated heterocycles. The van der Waals surface area contributed by atoms with Crippen molar-refractivity contribution in [2.45, 2.75) is 51.4 Å². The summed E-state index contributed by atoms with van der Waals surface area (Å²) in [4.78, 5) is 48.0. The Morgan fingerprint density at radius 3 is 1.96 bits per heavy atom. The Morgan fingerprint density at radius 2 is 1.56 bits per heavy atom. The molecule has 11 heteroatoms. The van der Waals surface area contributed by atoms with Gasteiger partial charge in [0.05, 0.1) is 6.04 Å². The maximum absolute atomic E-state index is 12.5. The van der Waals surface area contributed by atoms with Crippen molar-refractivity contribution in [3.05, 3.63) is 0 Å². The van der Waals surface area contributed by atoms with Crippen molar-refractivity contribution in [2.24, 2.45) is 11.7 Å². The van der Waals surface area contributed by atoms with Gasteiger partial charge in [0, 0.05) is 5.75 Å². The van der Waals surface area contributed by atoms with Crippen LogP contribution in [0, 0.1) is 5.92 Å². The molecule has 0 radical (unpaired) electrons. The van der Waals surface area contributed by atoms with Gasteiger partial charge in [-0.15, -0.1) is 0 Å². The highest BCUT2D eigenvalue weighted by atomic mass is 32.2. The molecule has 0 heterocycles. The Kier molecular flexibility index (Phi) is 12.1. The van der Waals surface area contributed by atoms with E-state index in [0.29, 0.717) is 5.75 Å². The first kappa shape index (κ1) is 25.5. The second kappa shape index (κ2) is 12.8. The second-order valence-corrected chi connectivity index (χ2v) is 7.79. The van der Waals surface area contributed by atoms with E-state index in [1.807, 2.05) is 6.26 Å². The third kappa shape index (κ3) is 9.34. The number of carbonyl (C=O) groups excluding carboxylic acids is 3. The summed E-state index contributed by atoms with van der Waals surface area (Å²) in [5.41, 5.74) is 5.47. The first-order valence-corrected chi connectivity index (χ1v) is 10.6. The lowest BCUT2D eigenvalue weighted by Gasteiger charge is -2.26. The molecule has 4 unspecified atom stereocenters. The Labute approximate surface area is 169 Å². The van der Waals surface area contributed by atoms with Crippen molar-refractivity contribution in [3.63, 3.8) is 0 Å². The van der Waals surface area contributed by atoms with Gasteiger partial charge < -0.3 is 26.8 Å². The van der Waals surface area contributed by atoms with Crippen LogP contribution >= 0.6 is 24.4 Å². The molecule has 6 N–H and O–H groups in total. The van der Waals surface area contributed by atoms with Crippen molar-refractivity contribution in [2.75, 3.05) is 17.8 Å². The number of rotatable bonds is 12.